The molecule has 0 fully saturated rings. The molecule has 0 spiro atoms. The Morgan fingerprint density at radius 3 is 2.00 bits per heavy atom. The molecule has 1 unspecified atom stereocenters. The zero-order valence-electron chi connectivity index (χ0n) is 11.0. The van der Waals surface area contributed by atoms with Crippen molar-refractivity contribution >= 4 is 23.8 Å². The standard InChI is InChI=1S/C11H18N2O6/c1-11(2,3)10(19)12-5-7(14)13-6(9(17)18)4-8(15)16/h6H,4-5H2,1-3H3,(H,12,19)(H,13,14)(H,15,16)(H,17,18). The molecule has 1 atom stereocenters. The average Bonchev–Trinajstić information content (AvgIpc) is 2.22. The van der Waals surface area contributed by atoms with Crippen LogP contribution in [0.2, 0.25) is 0 Å². The third kappa shape index (κ3) is 7.02. The summed E-state index contributed by atoms with van der Waals surface area (Å²) in [5.41, 5.74) is -0.673. The summed E-state index contributed by atoms with van der Waals surface area (Å²) in [5, 5.41) is 21.5. The van der Waals surface area contributed by atoms with Gasteiger partial charge >= 0.3 is 11.9 Å². The summed E-state index contributed by atoms with van der Waals surface area (Å²) in [7, 11) is 0. The number of carbonyl (C=O) groups excluding carboxylic acids is 2. The first kappa shape index (κ1) is 16.9. The van der Waals surface area contributed by atoms with Crippen molar-refractivity contribution in [1.29, 1.82) is 0 Å². The van der Waals surface area contributed by atoms with Gasteiger partial charge in [-0.1, -0.05) is 20.8 Å². The number of hydrogen-bond donors (Lipinski definition) is 4. The van der Waals surface area contributed by atoms with E-state index in [2.05, 4.69) is 5.32 Å². The van der Waals surface area contributed by atoms with Crippen molar-refractivity contribution in [2.75, 3.05) is 6.54 Å². The van der Waals surface area contributed by atoms with Crippen molar-refractivity contribution in [2.45, 2.75) is 33.2 Å². The molecule has 0 heterocycles. The number of aliphatic carboxylic acids is 2. The summed E-state index contributed by atoms with van der Waals surface area (Å²) in [6, 6.07) is -1.52. The summed E-state index contributed by atoms with van der Waals surface area (Å²) in [5.74, 6) is -3.91. The lowest BCUT2D eigenvalue weighted by atomic mass is 9.96. The Hall–Kier alpha value is -2.12. The van der Waals surface area contributed by atoms with E-state index in [4.69, 9.17) is 10.2 Å². The van der Waals surface area contributed by atoms with Gasteiger partial charge in [0.1, 0.15) is 6.04 Å². The van der Waals surface area contributed by atoms with E-state index in [1.54, 1.807) is 20.8 Å². The van der Waals surface area contributed by atoms with Crippen LogP contribution in [0.5, 0.6) is 0 Å². The van der Waals surface area contributed by atoms with E-state index in [0.29, 0.717) is 0 Å². The van der Waals surface area contributed by atoms with Crippen LogP contribution in [0.25, 0.3) is 0 Å². The molecule has 8 nitrogen and oxygen atoms in total. The van der Waals surface area contributed by atoms with Gasteiger partial charge in [-0.05, 0) is 0 Å². The van der Waals surface area contributed by atoms with Crippen LogP contribution < -0.4 is 10.6 Å². The number of rotatable bonds is 6. The fraction of sp³-hybridized carbons (Fsp3) is 0.636. The molecule has 108 valence electrons. The van der Waals surface area contributed by atoms with Crippen LogP contribution in [0.3, 0.4) is 0 Å². The highest BCUT2D eigenvalue weighted by Gasteiger charge is 2.25. The first-order valence-corrected chi connectivity index (χ1v) is 5.56. The number of nitrogens with one attached hydrogen (secondary N) is 2. The van der Waals surface area contributed by atoms with Crippen LogP contribution in [0.15, 0.2) is 0 Å². The van der Waals surface area contributed by atoms with Gasteiger partial charge in [0, 0.05) is 5.41 Å². The molecule has 19 heavy (non-hydrogen) atoms. The summed E-state index contributed by atoms with van der Waals surface area (Å²) < 4.78 is 0. The second kappa shape index (κ2) is 6.72. The van der Waals surface area contributed by atoms with Gasteiger partial charge in [0.2, 0.25) is 11.8 Å². The van der Waals surface area contributed by atoms with Gasteiger partial charge in [0.15, 0.2) is 0 Å². The molecule has 0 aliphatic heterocycles. The molecule has 2 amide bonds. The van der Waals surface area contributed by atoms with Crippen LogP contribution in [0.4, 0.5) is 0 Å². The topological polar surface area (TPSA) is 133 Å². The minimum atomic E-state index is -1.52. The molecule has 0 aliphatic rings. The number of carboxylic acid groups (broad SMARTS) is 2. The molecule has 0 bridgehead atoms. The molecular formula is C11H18N2O6. The largest absolute Gasteiger partial charge is 0.481 e. The van der Waals surface area contributed by atoms with Crippen molar-refractivity contribution < 1.29 is 29.4 Å². The lowest BCUT2D eigenvalue weighted by Gasteiger charge is -2.18. The highest BCUT2D eigenvalue weighted by atomic mass is 16.4. The maximum Gasteiger partial charge on any atom is 0.326 e. The lowest BCUT2D eigenvalue weighted by molar-refractivity contribution is -0.147. The smallest absolute Gasteiger partial charge is 0.326 e. The quantitative estimate of drug-likeness (QED) is 0.501. The van der Waals surface area contributed by atoms with E-state index in [1.807, 2.05) is 5.32 Å². The highest BCUT2D eigenvalue weighted by Crippen LogP contribution is 2.11. The van der Waals surface area contributed by atoms with E-state index in [9.17, 15) is 19.2 Å². The van der Waals surface area contributed by atoms with Crippen molar-refractivity contribution in [2.24, 2.45) is 5.41 Å². The van der Waals surface area contributed by atoms with Crippen LogP contribution >= 0.6 is 0 Å². The normalized spacial score (nSPS) is 12.4. The van der Waals surface area contributed by atoms with Gasteiger partial charge in [-0.2, -0.15) is 0 Å². The first-order chi connectivity index (χ1) is 8.54. The second-order valence-electron chi connectivity index (χ2n) is 4.99. The van der Waals surface area contributed by atoms with Gasteiger partial charge in [-0.3, -0.25) is 14.4 Å². The van der Waals surface area contributed by atoms with Crippen molar-refractivity contribution in [3.05, 3.63) is 0 Å². The Labute approximate surface area is 110 Å². The van der Waals surface area contributed by atoms with Gasteiger partial charge < -0.3 is 20.8 Å². The van der Waals surface area contributed by atoms with Crippen molar-refractivity contribution in [3.8, 4) is 0 Å². The Kier molecular flexibility index (Phi) is 5.97. The number of carbonyl (C=O) groups is 4. The Bertz CT molecular complexity index is 385. The molecule has 0 aromatic carbocycles. The van der Waals surface area contributed by atoms with Gasteiger partial charge in [-0.25, -0.2) is 4.79 Å². The summed E-state index contributed by atoms with van der Waals surface area (Å²) >= 11 is 0. The molecule has 0 saturated heterocycles. The van der Waals surface area contributed by atoms with E-state index < -0.39 is 42.3 Å². The molecular weight excluding hydrogens is 256 g/mol. The zero-order chi connectivity index (χ0) is 15.2. The molecule has 0 aromatic rings. The molecule has 0 saturated carbocycles. The van der Waals surface area contributed by atoms with Gasteiger partial charge in [0.25, 0.3) is 0 Å². The highest BCUT2D eigenvalue weighted by molar-refractivity contribution is 5.90. The predicted octanol–water partition coefficient (Wildman–Crippen LogP) is -0.807. The van der Waals surface area contributed by atoms with E-state index in [0.717, 1.165) is 0 Å². The summed E-state index contributed by atoms with van der Waals surface area (Å²) in [4.78, 5) is 44.0. The fourth-order valence-corrected chi connectivity index (χ4v) is 1.05. The maximum atomic E-state index is 11.5. The molecule has 0 radical (unpaired) electrons. The Morgan fingerprint density at radius 2 is 1.63 bits per heavy atom. The van der Waals surface area contributed by atoms with Crippen molar-refractivity contribution in [1.82, 2.24) is 10.6 Å². The minimum Gasteiger partial charge on any atom is -0.481 e. The van der Waals surface area contributed by atoms with E-state index in [1.165, 1.54) is 0 Å². The van der Waals surface area contributed by atoms with Crippen LogP contribution in [0, 0.1) is 5.41 Å². The fourth-order valence-electron chi connectivity index (χ4n) is 1.05. The number of amides is 2. The van der Waals surface area contributed by atoms with Crippen molar-refractivity contribution in [3.63, 3.8) is 0 Å². The Morgan fingerprint density at radius 1 is 1.11 bits per heavy atom. The molecule has 0 rings (SSSR count). The summed E-state index contributed by atoms with van der Waals surface area (Å²) in [6.45, 7) is 4.57. The van der Waals surface area contributed by atoms with E-state index >= 15 is 0 Å². The zero-order valence-corrected chi connectivity index (χ0v) is 11.0. The molecule has 4 N–H and O–H groups in total. The van der Waals surface area contributed by atoms with Crippen LogP contribution in [0.1, 0.15) is 27.2 Å². The lowest BCUT2D eigenvalue weighted by Crippen LogP contribution is -2.47. The summed E-state index contributed by atoms with van der Waals surface area (Å²) in [6.07, 6.45) is -0.728. The Balaban J connectivity index is 4.32. The molecule has 0 aliphatic carbocycles. The van der Waals surface area contributed by atoms with Crippen LogP contribution in [-0.2, 0) is 19.2 Å². The molecule has 0 aromatic heterocycles. The minimum absolute atomic E-state index is 0.368. The van der Waals surface area contributed by atoms with Crippen LogP contribution in [-0.4, -0.2) is 46.6 Å². The third-order valence-corrected chi connectivity index (χ3v) is 2.10. The monoisotopic (exact) mass is 274 g/mol. The molecule has 8 heteroatoms. The predicted molar refractivity (Wildman–Crippen MR) is 64.3 cm³/mol. The second-order valence-corrected chi connectivity index (χ2v) is 4.99. The maximum absolute atomic E-state index is 11.5. The average molecular weight is 274 g/mol. The van der Waals surface area contributed by atoms with Gasteiger partial charge in [0.05, 0.1) is 13.0 Å². The number of carboxylic acids is 2. The number of hydrogen-bond acceptors (Lipinski definition) is 4. The van der Waals surface area contributed by atoms with Gasteiger partial charge in [-0.15, -0.1) is 0 Å². The third-order valence-electron chi connectivity index (χ3n) is 2.10. The van der Waals surface area contributed by atoms with E-state index in [-0.39, 0.29) is 5.91 Å². The first-order valence-electron chi connectivity index (χ1n) is 5.56. The SMILES string of the molecule is CC(C)(C)C(=O)NCC(=O)NC(CC(=O)O)C(=O)O.